The van der Waals surface area contributed by atoms with Crippen molar-refractivity contribution in [3.63, 3.8) is 0 Å². The molecule has 0 aliphatic carbocycles. The second kappa shape index (κ2) is 6.51. The van der Waals surface area contributed by atoms with Gasteiger partial charge in [-0.2, -0.15) is 5.10 Å². The van der Waals surface area contributed by atoms with Gasteiger partial charge in [-0.05, 0) is 18.2 Å². The van der Waals surface area contributed by atoms with Crippen LogP contribution in [0.3, 0.4) is 0 Å². The molecule has 0 unspecified atom stereocenters. The molecule has 0 saturated carbocycles. The van der Waals surface area contributed by atoms with Crippen LogP contribution < -0.4 is 5.43 Å². The minimum absolute atomic E-state index is 0.269. The van der Waals surface area contributed by atoms with E-state index in [9.17, 15) is 9.59 Å². The van der Waals surface area contributed by atoms with Gasteiger partial charge in [0.2, 0.25) is 5.91 Å². The number of furan rings is 1. The van der Waals surface area contributed by atoms with Crippen molar-refractivity contribution in [2.45, 2.75) is 6.92 Å². The summed E-state index contributed by atoms with van der Waals surface area (Å²) in [5.41, 5.74) is 3.32. The maximum atomic E-state index is 11.7. The summed E-state index contributed by atoms with van der Waals surface area (Å²) in [6.07, 6.45) is 1.38. The normalized spacial score (nSPS) is 10.6. The van der Waals surface area contributed by atoms with Crippen LogP contribution in [0, 0.1) is 0 Å². The molecule has 0 atom stereocenters. The van der Waals surface area contributed by atoms with Crippen LogP contribution in [0.1, 0.15) is 23.0 Å². The van der Waals surface area contributed by atoms with E-state index in [1.165, 1.54) is 20.2 Å². The van der Waals surface area contributed by atoms with Crippen LogP contribution in [-0.4, -0.2) is 25.2 Å². The number of methoxy groups -OCH3 is 1. The van der Waals surface area contributed by atoms with Crippen LogP contribution in [0.5, 0.6) is 0 Å². The molecule has 0 radical (unpaired) electrons. The molecule has 2 rings (SSSR count). The van der Waals surface area contributed by atoms with Gasteiger partial charge < -0.3 is 9.15 Å². The summed E-state index contributed by atoms with van der Waals surface area (Å²) in [5.74, 6) is 0.267. The summed E-state index contributed by atoms with van der Waals surface area (Å²) in [7, 11) is 1.33. The number of ether oxygens (including phenoxy) is 1. The van der Waals surface area contributed by atoms with Crippen LogP contribution in [0.15, 0.2) is 45.9 Å². The van der Waals surface area contributed by atoms with Crippen molar-refractivity contribution in [3.05, 3.63) is 47.7 Å². The Morgan fingerprint density at radius 1 is 1.24 bits per heavy atom. The van der Waals surface area contributed by atoms with Crippen molar-refractivity contribution >= 4 is 18.1 Å². The van der Waals surface area contributed by atoms with Crippen LogP contribution in [0.25, 0.3) is 11.3 Å². The Balaban J connectivity index is 2.28. The minimum atomic E-state index is -0.435. The van der Waals surface area contributed by atoms with E-state index in [0.29, 0.717) is 22.6 Å². The van der Waals surface area contributed by atoms with E-state index >= 15 is 0 Å². The van der Waals surface area contributed by atoms with Crippen molar-refractivity contribution < 1.29 is 18.7 Å². The summed E-state index contributed by atoms with van der Waals surface area (Å²) in [4.78, 5) is 22.4. The van der Waals surface area contributed by atoms with Gasteiger partial charge in [-0.15, -0.1) is 0 Å². The van der Waals surface area contributed by atoms with Gasteiger partial charge in [-0.1, -0.05) is 18.2 Å². The van der Waals surface area contributed by atoms with Gasteiger partial charge in [-0.25, -0.2) is 10.2 Å². The third-order valence-corrected chi connectivity index (χ3v) is 2.64. The maximum Gasteiger partial charge on any atom is 0.338 e. The first-order chi connectivity index (χ1) is 10.1. The van der Waals surface area contributed by atoms with Gasteiger partial charge >= 0.3 is 5.97 Å². The Kier molecular flexibility index (Phi) is 4.50. The molecule has 0 fully saturated rings. The first-order valence-electron chi connectivity index (χ1n) is 6.19. The van der Waals surface area contributed by atoms with Crippen LogP contribution in [0.4, 0.5) is 0 Å². The standard InChI is InChI=1S/C15H14N2O4/c1-10(18)17-16-9-11-7-8-14(21-11)12-5-3-4-6-13(12)15(19)20-2/h3-9H,1-2H3,(H,17,18)/b16-9-. The van der Waals surface area contributed by atoms with Crippen molar-refractivity contribution in [2.75, 3.05) is 7.11 Å². The number of nitrogens with one attached hydrogen (secondary N) is 1. The molecule has 0 bridgehead atoms. The lowest BCUT2D eigenvalue weighted by molar-refractivity contribution is -0.118. The largest absolute Gasteiger partial charge is 0.465 e. The highest BCUT2D eigenvalue weighted by Gasteiger charge is 2.14. The summed E-state index contributed by atoms with van der Waals surface area (Å²) in [6, 6.07) is 10.4. The van der Waals surface area contributed by atoms with E-state index in [4.69, 9.17) is 9.15 Å². The Bertz CT molecular complexity index is 688. The first-order valence-corrected chi connectivity index (χ1v) is 6.19. The zero-order valence-corrected chi connectivity index (χ0v) is 11.6. The summed E-state index contributed by atoms with van der Waals surface area (Å²) in [5, 5.41) is 3.71. The number of esters is 1. The lowest BCUT2D eigenvalue weighted by Crippen LogP contribution is -2.12. The number of benzene rings is 1. The lowest BCUT2D eigenvalue weighted by Gasteiger charge is -2.04. The molecule has 1 amide bonds. The number of amides is 1. The van der Waals surface area contributed by atoms with Gasteiger partial charge in [0.15, 0.2) is 0 Å². The minimum Gasteiger partial charge on any atom is -0.465 e. The number of nitrogens with zero attached hydrogens (tertiary/aromatic N) is 1. The van der Waals surface area contributed by atoms with E-state index in [0.717, 1.165) is 0 Å². The first kappa shape index (κ1) is 14.5. The van der Waals surface area contributed by atoms with Gasteiger partial charge in [0.05, 0.1) is 18.9 Å². The number of hydrogen-bond donors (Lipinski definition) is 1. The maximum absolute atomic E-state index is 11.7. The topological polar surface area (TPSA) is 80.9 Å². The number of rotatable bonds is 4. The highest BCUT2D eigenvalue weighted by Crippen LogP contribution is 2.25. The van der Waals surface area contributed by atoms with Gasteiger partial charge in [-0.3, -0.25) is 4.79 Å². The molecule has 6 nitrogen and oxygen atoms in total. The second-order valence-corrected chi connectivity index (χ2v) is 4.17. The summed E-state index contributed by atoms with van der Waals surface area (Å²) >= 11 is 0. The van der Waals surface area contributed by atoms with Crippen LogP contribution in [-0.2, 0) is 9.53 Å². The smallest absolute Gasteiger partial charge is 0.338 e. The molecule has 1 heterocycles. The molecule has 21 heavy (non-hydrogen) atoms. The van der Waals surface area contributed by atoms with Crippen LogP contribution in [0.2, 0.25) is 0 Å². The average molecular weight is 286 g/mol. The van der Waals surface area contributed by atoms with Crippen molar-refractivity contribution in [3.8, 4) is 11.3 Å². The lowest BCUT2D eigenvalue weighted by atomic mass is 10.1. The number of carbonyl (C=O) groups excluding carboxylic acids is 2. The van der Waals surface area contributed by atoms with Gasteiger partial charge in [0, 0.05) is 12.5 Å². The molecular weight excluding hydrogens is 272 g/mol. The number of hydrazone groups is 1. The molecule has 1 aromatic carbocycles. The zero-order valence-electron chi connectivity index (χ0n) is 11.6. The highest BCUT2D eigenvalue weighted by molar-refractivity contribution is 5.96. The van der Waals surface area contributed by atoms with Crippen LogP contribution >= 0.6 is 0 Å². The predicted octanol–water partition coefficient (Wildman–Crippen LogP) is 2.20. The van der Waals surface area contributed by atoms with E-state index in [1.54, 1.807) is 36.4 Å². The monoisotopic (exact) mass is 286 g/mol. The number of carbonyl (C=O) groups is 2. The van der Waals surface area contributed by atoms with Crippen molar-refractivity contribution in [1.29, 1.82) is 0 Å². The molecular formula is C15H14N2O4. The zero-order chi connectivity index (χ0) is 15.2. The molecule has 108 valence electrons. The Hall–Kier alpha value is -2.89. The molecule has 1 N–H and O–H groups in total. The molecule has 2 aromatic rings. The Morgan fingerprint density at radius 2 is 2.00 bits per heavy atom. The summed E-state index contributed by atoms with van der Waals surface area (Å²) in [6.45, 7) is 1.36. The summed E-state index contributed by atoms with van der Waals surface area (Å²) < 4.78 is 10.3. The second-order valence-electron chi connectivity index (χ2n) is 4.17. The van der Waals surface area contributed by atoms with E-state index in [1.807, 2.05) is 0 Å². The Morgan fingerprint density at radius 3 is 2.71 bits per heavy atom. The molecule has 0 aliphatic heterocycles. The van der Waals surface area contributed by atoms with E-state index < -0.39 is 5.97 Å². The fourth-order valence-electron chi connectivity index (χ4n) is 1.74. The highest BCUT2D eigenvalue weighted by atomic mass is 16.5. The van der Waals surface area contributed by atoms with Gasteiger partial charge in [0.1, 0.15) is 11.5 Å². The quantitative estimate of drug-likeness (QED) is 0.531. The van der Waals surface area contributed by atoms with Crippen molar-refractivity contribution in [1.82, 2.24) is 5.43 Å². The molecule has 0 saturated heterocycles. The fraction of sp³-hybridized carbons (Fsp3) is 0.133. The van der Waals surface area contributed by atoms with E-state index in [2.05, 4.69) is 10.5 Å². The molecule has 0 aliphatic rings. The molecule has 1 aromatic heterocycles. The van der Waals surface area contributed by atoms with E-state index in [-0.39, 0.29) is 5.91 Å². The third-order valence-electron chi connectivity index (χ3n) is 2.64. The average Bonchev–Trinajstić information content (AvgIpc) is 2.95. The van der Waals surface area contributed by atoms with Crippen molar-refractivity contribution in [2.24, 2.45) is 5.10 Å². The molecule has 6 heteroatoms. The van der Waals surface area contributed by atoms with Gasteiger partial charge in [0.25, 0.3) is 0 Å². The SMILES string of the molecule is COC(=O)c1ccccc1-c1ccc(/C=N\NC(C)=O)o1. The Labute approximate surface area is 121 Å². The number of hydrogen-bond acceptors (Lipinski definition) is 5. The predicted molar refractivity (Wildman–Crippen MR) is 76.9 cm³/mol. The molecule has 0 spiro atoms. The third kappa shape index (κ3) is 3.56. The fourth-order valence-corrected chi connectivity index (χ4v) is 1.74.